The fraction of sp³-hybridized carbons (Fsp3) is 0.333. The third-order valence-corrected chi connectivity index (χ3v) is 3.17. The number of imide groups is 1. The minimum Gasteiger partial charge on any atom is -0.399 e. The Labute approximate surface area is 102 Å². The van der Waals surface area contributed by atoms with Gasteiger partial charge in [0.05, 0.1) is 5.69 Å². The Morgan fingerprint density at radius 3 is 2.33 bits per heavy atom. The van der Waals surface area contributed by atoms with E-state index >= 15 is 0 Å². The minimum atomic E-state index is -0.600. The van der Waals surface area contributed by atoms with Gasteiger partial charge in [0.25, 0.3) is 11.8 Å². The Balaban J connectivity index is 2.04. The first-order valence-electron chi connectivity index (χ1n) is 5.65. The molecular weight excluding hydrogens is 239 g/mol. The van der Waals surface area contributed by atoms with Crippen molar-refractivity contribution in [3.63, 3.8) is 0 Å². The maximum Gasteiger partial charge on any atom is 0.262 e. The van der Waals surface area contributed by atoms with E-state index in [4.69, 9.17) is 10.5 Å². The molecule has 2 N–H and O–H groups in total. The van der Waals surface area contributed by atoms with Crippen LogP contribution >= 0.6 is 0 Å². The highest BCUT2D eigenvalue weighted by Gasteiger charge is 2.47. The zero-order valence-corrected chi connectivity index (χ0v) is 9.43. The second-order valence-corrected chi connectivity index (χ2v) is 4.45. The van der Waals surface area contributed by atoms with Gasteiger partial charge >= 0.3 is 0 Å². The molecule has 5 nitrogen and oxygen atoms in total. The predicted octanol–water partition coefficient (Wildman–Crippen LogP) is 0.829. The normalized spacial score (nSPS) is 26.8. The number of benzene rings is 1. The molecule has 0 spiro atoms. The summed E-state index contributed by atoms with van der Waals surface area (Å²) in [6.45, 7) is 0. The number of halogens is 1. The average Bonchev–Trinajstić information content (AvgIpc) is 2.72. The molecular formula is C12H11FN2O3. The molecule has 2 aliphatic heterocycles. The summed E-state index contributed by atoms with van der Waals surface area (Å²) in [6.07, 6.45) is -0.151. The van der Waals surface area contributed by atoms with Crippen LogP contribution in [-0.2, 0) is 14.3 Å². The van der Waals surface area contributed by atoms with Crippen molar-refractivity contribution in [2.75, 3.05) is 10.6 Å². The van der Waals surface area contributed by atoms with Gasteiger partial charge in [-0.3, -0.25) is 9.59 Å². The lowest BCUT2D eigenvalue weighted by Crippen LogP contribution is -2.52. The molecule has 0 aromatic heterocycles. The molecule has 2 fully saturated rings. The average molecular weight is 250 g/mol. The smallest absolute Gasteiger partial charge is 0.262 e. The van der Waals surface area contributed by atoms with Gasteiger partial charge in [0.15, 0.2) is 0 Å². The maximum atomic E-state index is 13.3. The van der Waals surface area contributed by atoms with Crippen molar-refractivity contribution >= 4 is 23.2 Å². The standard InChI is InChI=1S/C12H11FN2O3/c13-6-3-7(14)5-8(4-6)15-11(16)9-1-2-10(18-9)12(15)17/h3-5,9-10H,1-2,14H2. The largest absolute Gasteiger partial charge is 0.399 e. The number of carbonyl (C=O) groups excluding carboxylic acids is 2. The lowest BCUT2D eigenvalue weighted by Gasteiger charge is -2.30. The summed E-state index contributed by atoms with van der Waals surface area (Å²) in [4.78, 5) is 25.0. The van der Waals surface area contributed by atoms with Crippen molar-refractivity contribution in [2.45, 2.75) is 25.0 Å². The fourth-order valence-corrected chi connectivity index (χ4v) is 2.38. The number of amides is 2. The second-order valence-electron chi connectivity index (χ2n) is 4.45. The van der Waals surface area contributed by atoms with E-state index < -0.39 is 29.8 Å². The fourth-order valence-electron chi connectivity index (χ4n) is 2.38. The van der Waals surface area contributed by atoms with Crippen LogP contribution in [0.5, 0.6) is 0 Å². The quantitative estimate of drug-likeness (QED) is 0.592. The SMILES string of the molecule is Nc1cc(F)cc(N2C(=O)C3CCC(O3)C2=O)c1. The molecule has 2 unspecified atom stereocenters. The van der Waals surface area contributed by atoms with Gasteiger partial charge in [0, 0.05) is 5.69 Å². The molecule has 2 heterocycles. The lowest BCUT2D eigenvalue weighted by molar-refractivity contribution is -0.146. The molecule has 94 valence electrons. The van der Waals surface area contributed by atoms with Crippen molar-refractivity contribution in [1.82, 2.24) is 0 Å². The van der Waals surface area contributed by atoms with Gasteiger partial charge in [-0.15, -0.1) is 0 Å². The Hall–Kier alpha value is -1.95. The van der Waals surface area contributed by atoms with Crippen LogP contribution < -0.4 is 10.6 Å². The van der Waals surface area contributed by atoms with Gasteiger partial charge in [0.1, 0.15) is 18.0 Å². The van der Waals surface area contributed by atoms with Crippen LogP contribution in [-0.4, -0.2) is 24.0 Å². The monoisotopic (exact) mass is 250 g/mol. The van der Waals surface area contributed by atoms with Crippen LogP contribution in [0.15, 0.2) is 18.2 Å². The molecule has 18 heavy (non-hydrogen) atoms. The molecule has 1 aromatic carbocycles. The predicted molar refractivity (Wildman–Crippen MR) is 61.2 cm³/mol. The summed E-state index contributed by atoms with van der Waals surface area (Å²) in [5, 5.41) is 0. The molecule has 0 aliphatic carbocycles. The van der Waals surface area contributed by atoms with E-state index in [2.05, 4.69) is 0 Å². The first kappa shape index (κ1) is 11.2. The number of nitrogens with zero attached hydrogens (tertiary/aromatic N) is 1. The Kier molecular flexibility index (Phi) is 2.34. The number of rotatable bonds is 1. The third kappa shape index (κ3) is 1.57. The molecule has 1 aromatic rings. The molecule has 2 amide bonds. The van der Waals surface area contributed by atoms with Gasteiger partial charge in [-0.2, -0.15) is 0 Å². The molecule has 0 saturated carbocycles. The Morgan fingerprint density at radius 1 is 1.17 bits per heavy atom. The van der Waals surface area contributed by atoms with Crippen LogP contribution in [0.3, 0.4) is 0 Å². The molecule has 2 saturated heterocycles. The summed E-state index contributed by atoms with van der Waals surface area (Å²) in [5.41, 5.74) is 5.86. The number of hydrogen-bond donors (Lipinski definition) is 1. The molecule has 3 rings (SSSR count). The highest BCUT2D eigenvalue weighted by molar-refractivity contribution is 6.19. The van der Waals surface area contributed by atoms with E-state index in [0.29, 0.717) is 12.8 Å². The van der Waals surface area contributed by atoms with Crippen molar-refractivity contribution < 1.29 is 18.7 Å². The van der Waals surface area contributed by atoms with Crippen molar-refractivity contribution in [3.8, 4) is 0 Å². The number of fused-ring (bicyclic) bond motifs is 2. The third-order valence-electron chi connectivity index (χ3n) is 3.17. The van der Waals surface area contributed by atoms with E-state index in [1.165, 1.54) is 6.07 Å². The van der Waals surface area contributed by atoms with Crippen molar-refractivity contribution in [2.24, 2.45) is 0 Å². The number of ether oxygens (including phenoxy) is 1. The van der Waals surface area contributed by atoms with Crippen molar-refractivity contribution in [3.05, 3.63) is 24.0 Å². The number of anilines is 2. The summed E-state index contributed by atoms with van der Waals surface area (Å²) >= 11 is 0. The molecule has 0 radical (unpaired) electrons. The highest BCUT2D eigenvalue weighted by Crippen LogP contribution is 2.32. The summed E-state index contributed by atoms with van der Waals surface area (Å²) < 4.78 is 18.6. The van der Waals surface area contributed by atoms with Gasteiger partial charge in [0.2, 0.25) is 0 Å². The number of nitrogen functional groups attached to an aromatic ring is 1. The van der Waals surface area contributed by atoms with E-state index in [1.54, 1.807) is 0 Å². The van der Waals surface area contributed by atoms with E-state index in [9.17, 15) is 14.0 Å². The van der Waals surface area contributed by atoms with Crippen LogP contribution in [0.25, 0.3) is 0 Å². The van der Waals surface area contributed by atoms with Gasteiger partial charge in [-0.25, -0.2) is 9.29 Å². The van der Waals surface area contributed by atoms with Crippen LogP contribution in [0, 0.1) is 5.82 Å². The number of carbonyl (C=O) groups is 2. The Morgan fingerprint density at radius 2 is 1.78 bits per heavy atom. The number of hydrogen-bond acceptors (Lipinski definition) is 4. The molecule has 2 bridgehead atoms. The first-order valence-corrected chi connectivity index (χ1v) is 5.65. The second kappa shape index (κ2) is 3.78. The summed E-state index contributed by atoms with van der Waals surface area (Å²) in [6, 6.07) is 3.66. The van der Waals surface area contributed by atoms with E-state index in [1.807, 2.05) is 0 Å². The van der Waals surface area contributed by atoms with Crippen molar-refractivity contribution in [1.29, 1.82) is 0 Å². The van der Waals surface area contributed by atoms with Gasteiger partial charge < -0.3 is 10.5 Å². The Bertz CT molecular complexity index is 504. The van der Waals surface area contributed by atoms with E-state index in [0.717, 1.165) is 17.0 Å². The topological polar surface area (TPSA) is 72.6 Å². The number of morpholine rings is 1. The molecule has 2 aliphatic rings. The van der Waals surface area contributed by atoms with Crippen LogP contribution in [0.4, 0.5) is 15.8 Å². The molecule has 6 heteroatoms. The van der Waals surface area contributed by atoms with Crippen LogP contribution in [0.1, 0.15) is 12.8 Å². The van der Waals surface area contributed by atoms with Gasteiger partial charge in [-0.05, 0) is 31.0 Å². The number of nitrogens with two attached hydrogens (primary N) is 1. The van der Waals surface area contributed by atoms with Gasteiger partial charge in [-0.1, -0.05) is 0 Å². The maximum absolute atomic E-state index is 13.3. The summed E-state index contributed by atoms with van der Waals surface area (Å²) in [5.74, 6) is -1.47. The van der Waals surface area contributed by atoms with Crippen LogP contribution in [0.2, 0.25) is 0 Å². The zero-order valence-electron chi connectivity index (χ0n) is 9.43. The minimum absolute atomic E-state index is 0.169. The first-order chi connectivity index (χ1) is 8.56. The van der Waals surface area contributed by atoms with E-state index in [-0.39, 0.29) is 11.4 Å². The molecule has 2 atom stereocenters. The zero-order chi connectivity index (χ0) is 12.9. The lowest BCUT2D eigenvalue weighted by atomic mass is 10.2. The summed E-state index contributed by atoms with van der Waals surface area (Å²) in [7, 11) is 0. The highest BCUT2D eigenvalue weighted by atomic mass is 19.1.